The number of nitrogens with zero attached hydrogens (tertiary/aromatic N) is 1. The molecular weight excluding hydrogens is 436 g/mol. The molecule has 33 heavy (non-hydrogen) atoms. The van der Waals surface area contributed by atoms with Crippen molar-refractivity contribution >= 4 is 16.7 Å². The first-order valence-electron chi connectivity index (χ1n) is 10.4. The Balaban J connectivity index is 1.97. The quantitative estimate of drug-likeness (QED) is 0.198. The molecule has 0 saturated carbocycles. The van der Waals surface area contributed by atoms with Gasteiger partial charge in [-0.05, 0) is 39.8 Å². The molecule has 1 aromatic heterocycles. The molecule has 0 amide bonds. The van der Waals surface area contributed by atoms with Gasteiger partial charge >= 0.3 is 5.63 Å². The number of hydrogen-bond acceptors (Lipinski definition) is 11. The number of aliphatic hydroxyl groups excluding tert-OH is 2. The minimum Gasteiger partial charge on any atom is -0.506 e. The Labute approximate surface area is 190 Å². The predicted octanol–water partition coefficient (Wildman–Crippen LogP) is 0.757. The van der Waals surface area contributed by atoms with Crippen molar-refractivity contribution in [3.05, 3.63) is 33.7 Å². The fourth-order valence-corrected chi connectivity index (χ4v) is 3.88. The minimum absolute atomic E-state index is 0.0919. The number of rotatable bonds is 7. The van der Waals surface area contributed by atoms with Crippen LogP contribution in [-0.4, -0.2) is 71.5 Å². The molecule has 1 aliphatic rings. The first kappa shape index (κ1) is 24.9. The van der Waals surface area contributed by atoms with Crippen molar-refractivity contribution in [1.82, 2.24) is 0 Å². The number of ether oxygens (including phenoxy) is 3. The molecule has 0 radical (unpaired) electrons. The zero-order chi connectivity index (χ0) is 24.5. The summed E-state index contributed by atoms with van der Waals surface area (Å²) >= 11 is 0. The predicted molar refractivity (Wildman–Crippen MR) is 118 cm³/mol. The molecule has 2 aromatic rings. The Morgan fingerprint density at radius 2 is 1.97 bits per heavy atom. The van der Waals surface area contributed by atoms with Gasteiger partial charge in [0.1, 0.15) is 47.6 Å². The van der Waals surface area contributed by atoms with Crippen LogP contribution in [0.4, 0.5) is 0 Å². The Morgan fingerprint density at radius 1 is 1.27 bits per heavy atom. The summed E-state index contributed by atoms with van der Waals surface area (Å²) in [5.74, 6) is -0.0840. The lowest BCUT2D eigenvalue weighted by molar-refractivity contribution is -0.306. The smallest absolute Gasteiger partial charge is 0.349 e. The van der Waals surface area contributed by atoms with Gasteiger partial charge in [-0.15, -0.1) is 0 Å². The van der Waals surface area contributed by atoms with E-state index >= 15 is 0 Å². The largest absolute Gasteiger partial charge is 0.506 e. The van der Waals surface area contributed by atoms with Crippen LogP contribution in [0.2, 0.25) is 0 Å². The van der Waals surface area contributed by atoms with Crippen molar-refractivity contribution in [2.45, 2.75) is 57.9 Å². The van der Waals surface area contributed by atoms with Gasteiger partial charge in [0.05, 0.1) is 16.7 Å². The molecule has 1 saturated heterocycles. The number of nitrogens with two attached hydrogens (primary N) is 1. The molecule has 2 heterocycles. The summed E-state index contributed by atoms with van der Waals surface area (Å²) < 4.78 is 22.4. The van der Waals surface area contributed by atoms with Crippen LogP contribution in [0.15, 0.2) is 26.5 Å². The van der Waals surface area contributed by atoms with Crippen LogP contribution in [0.1, 0.15) is 31.9 Å². The number of oxime groups is 1. The minimum atomic E-state index is -1.40. The van der Waals surface area contributed by atoms with Gasteiger partial charge in [0, 0.05) is 19.2 Å². The monoisotopic (exact) mass is 466 g/mol. The molecule has 5 N–H and O–H groups in total. The number of aromatic hydroxyl groups is 1. The van der Waals surface area contributed by atoms with Crippen molar-refractivity contribution < 1.29 is 38.8 Å². The highest BCUT2D eigenvalue weighted by atomic mass is 16.7. The summed E-state index contributed by atoms with van der Waals surface area (Å²) in [5.41, 5.74) is 4.07. The molecule has 0 bridgehead atoms. The second-order valence-corrected chi connectivity index (χ2v) is 8.32. The van der Waals surface area contributed by atoms with Crippen LogP contribution in [0.5, 0.6) is 11.5 Å². The molecule has 1 fully saturated rings. The number of benzene rings is 1. The number of aryl methyl sites for hydroxylation is 1. The number of methoxy groups -OCH3 is 1. The van der Waals surface area contributed by atoms with Crippen LogP contribution in [0, 0.1) is 6.92 Å². The number of hydrogen-bond donors (Lipinski definition) is 4. The fourth-order valence-electron chi connectivity index (χ4n) is 3.88. The van der Waals surface area contributed by atoms with E-state index in [4.69, 9.17) is 29.2 Å². The zero-order valence-electron chi connectivity index (χ0n) is 19.2. The van der Waals surface area contributed by atoms with Gasteiger partial charge in [0.15, 0.2) is 0 Å². The summed E-state index contributed by atoms with van der Waals surface area (Å²) in [6.07, 6.45) is -4.63. The van der Waals surface area contributed by atoms with Gasteiger partial charge in [-0.3, -0.25) is 0 Å². The average molecular weight is 466 g/mol. The molecular formula is C22H30N2O9. The number of aliphatic hydroxyl groups is 2. The molecule has 1 aromatic carbocycles. The van der Waals surface area contributed by atoms with Crippen LogP contribution in [0.3, 0.4) is 0 Å². The van der Waals surface area contributed by atoms with Gasteiger partial charge < -0.3 is 44.5 Å². The maximum atomic E-state index is 12.6. The topological polar surface area (TPSA) is 166 Å². The third kappa shape index (κ3) is 4.68. The normalized spacial score (nSPS) is 25.3. The molecule has 3 rings (SSSR count). The van der Waals surface area contributed by atoms with Crippen molar-refractivity contribution in [3.8, 4) is 11.5 Å². The summed E-state index contributed by atoms with van der Waals surface area (Å²) in [5, 5.41) is 35.7. The van der Waals surface area contributed by atoms with Gasteiger partial charge in [-0.2, -0.15) is 0 Å². The average Bonchev–Trinajstić information content (AvgIpc) is 2.74. The van der Waals surface area contributed by atoms with E-state index in [9.17, 15) is 20.1 Å². The van der Waals surface area contributed by atoms with E-state index in [1.807, 2.05) is 0 Å². The van der Waals surface area contributed by atoms with E-state index in [0.29, 0.717) is 5.56 Å². The first-order valence-corrected chi connectivity index (χ1v) is 10.4. The maximum Gasteiger partial charge on any atom is 0.349 e. The highest BCUT2D eigenvalue weighted by Gasteiger charge is 2.50. The maximum absolute atomic E-state index is 12.6. The Hall–Kier alpha value is -2.70. The SMILES string of the molecule is CO[C@@H]1[C@@H](O)[C@@H](O)[C@H](Oc2ccc3c(O)c(/C(C)=N/OCCN)c(=O)oc3c2C)OC1(C)C. The van der Waals surface area contributed by atoms with E-state index in [0.717, 1.165) is 0 Å². The highest BCUT2D eigenvalue weighted by molar-refractivity contribution is 6.04. The molecule has 1 aliphatic heterocycles. The lowest BCUT2D eigenvalue weighted by atomic mass is 9.89. The second kappa shape index (κ2) is 9.65. The highest BCUT2D eigenvalue weighted by Crippen LogP contribution is 2.36. The lowest BCUT2D eigenvalue weighted by Crippen LogP contribution is -2.63. The van der Waals surface area contributed by atoms with E-state index in [1.165, 1.54) is 26.2 Å². The summed E-state index contributed by atoms with van der Waals surface area (Å²) in [4.78, 5) is 17.6. The summed E-state index contributed by atoms with van der Waals surface area (Å²) in [6, 6.07) is 3.04. The third-order valence-corrected chi connectivity index (χ3v) is 5.56. The van der Waals surface area contributed by atoms with E-state index in [-0.39, 0.29) is 46.9 Å². The Morgan fingerprint density at radius 3 is 2.61 bits per heavy atom. The zero-order valence-corrected chi connectivity index (χ0v) is 19.2. The fraction of sp³-hybridized carbons (Fsp3) is 0.545. The summed E-state index contributed by atoms with van der Waals surface area (Å²) in [7, 11) is 1.42. The van der Waals surface area contributed by atoms with Crippen molar-refractivity contribution in [2.24, 2.45) is 10.9 Å². The molecule has 4 atom stereocenters. The Kier molecular flexibility index (Phi) is 7.29. The third-order valence-electron chi connectivity index (χ3n) is 5.56. The molecule has 0 spiro atoms. The van der Waals surface area contributed by atoms with Crippen LogP contribution >= 0.6 is 0 Å². The standard InChI is InChI=1S/C22H30N2O9/c1-10-13(31-21-17(27)16(26)19(29-5)22(3,4)33-21)7-6-12-15(25)14(20(28)32-18(10)12)11(2)24-30-9-8-23/h6-7,16-17,19,21,25-27H,8-9,23H2,1-5H3/b24-11+/t16-,17+,19+,21+/m0/s1. The van der Waals surface area contributed by atoms with Gasteiger partial charge in [-0.25, -0.2) is 4.79 Å². The van der Waals surface area contributed by atoms with Crippen LogP contribution < -0.4 is 16.1 Å². The molecule has 0 unspecified atom stereocenters. The first-order chi connectivity index (χ1) is 15.5. The van der Waals surface area contributed by atoms with Crippen LogP contribution in [-0.2, 0) is 14.3 Å². The summed E-state index contributed by atoms with van der Waals surface area (Å²) in [6.45, 7) is 6.94. The van der Waals surface area contributed by atoms with Gasteiger partial charge in [0.25, 0.3) is 0 Å². The van der Waals surface area contributed by atoms with Gasteiger partial charge in [0.2, 0.25) is 6.29 Å². The second-order valence-electron chi connectivity index (χ2n) is 8.32. The molecule has 182 valence electrons. The molecule has 11 nitrogen and oxygen atoms in total. The van der Waals surface area contributed by atoms with E-state index in [1.54, 1.807) is 20.8 Å². The van der Waals surface area contributed by atoms with Crippen molar-refractivity contribution in [2.75, 3.05) is 20.3 Å². The van der Waals surface area contributed by atoms with Gasteiger partial charge in [-0.1, -0.05) is 5.16 Å². The lowest BCUT2D eigenvalue weighted by Gasteiger charge is -2.46. The Bertz CT molecular complexity index is 1100. The number of fused-ring (bicyclic) bond motifs is 1. The van der Waals surface area contributed by atoms with E-state index in [2.05, 4.69) is 5.16 Å². The molecule has 11 heteroatoms. The van der Waals surface area contributed by atoms with Crippen molar-refractivity contribution in [1.29, 1.82) is 0 Å². The van der Waals surface area contributed by atoms with E-state index < -0.39 is 35.8 Å². The molecule has 0 aliphatic carbocycles. The van der Waals surface area contributed by atoms with Crippen molar-refractivity contribution in [3.63, 3.8) is 0 Å². The van der Waals surface area contributed by atoms with Crippen LogP contribution in [0.25, 0.3) is 11.0 Å².